The van der Waals surface area contributed by atoms with Crippen LogP contribution in [0.4, 0.5) is 0 Å². The number of carbonyl (C=O) groups excluding carboxylic acids is 6. The second-order valence-electron chi connectivity index (χ2n) is 13.3. The first-order valence-electron chi connectivity index (χ1n) is 17.6. The first-order valence-corrected chi connectivity index (χ1v) is 17.6. The minimum absolute atomic E-state index is 0.0562. The molecule has 0 aromatic carbocycles. The van der Waals surface area contributed by atoms with Crippen molar-refractivity contribution in [3.05, 3.63) is 18.2 Å². The first kappa shape index (κ1) is 49.1. The third kappa shape index (κ3) is 18.1. The van der Waals surface area contributed by atoms with Gasteiger partial charge in [0.15, 0.2) is 12.0 Å². The van der Waals surface area contributed by atoms with E-state index in [1.807, 2.05) is 5.32 Å². The van der Waals surface area contributed by atoms with Crippen LogP contribution in [0, 0.1) is 5.92 Å². The van der Waals surface area contributed by atoms with Crippen molar-refractivity contribution in [2.45, 2.75) is 101 Å². The molecule has 1 rings (SSSR count). The van der Waals surface area contributed by atoms with E-state index < -0.39 is 115 Å². The van der Waals surface area contributed by atoms with Gasteiger partial charge in [-0.3, -0.25) is 38.6 Å². The third-order valence-corrected chi connectivity index (χ3v) is 7.95. The summed E-state index contributed by atoms with van der Waals surface area (Å²) >= 11 is 0. The quantitative estimate of drug-likeness (QED) is 0.0235. The number of aliphatic imine (C=N–C) groups is 1. The number of carbonyl (C=O) groups is 8. The molecule has 0 bridgehead atoms. The molecule has 0 saturated carbocycles. The number of aromatic amines is 1. The molecule has 57 heavy (non-hydrogen) atoms. The van der Waals surface area contributed by atoms with Crippen LogP contribution < -0.4 is 49.1 Å². The second-order valence-corrected chi connectivity index (χ2v) is 13.3. The lowest BCUT2D eigenvalue weighted by Gasteiger charge is -2.27. The summed E-state index contributed by atoms with van der Waals surface area (Å²) in [6.45, 7) is 2.66. The van der Waals surface area contributed by atoms with Crippen LogP contribution in [-0.2, 0) is 44.8 Å². The molecule has 0 fully saturated rings. The van der Waals surface area contributed by atoms with Crippen LogP contribution in [0.2, 0.25) is 0 Å². The Balaban J connectivity index is 3.24. The number of H-pyrrole nitrogens is 1. The fraction of sp³-hybridized carbons (Fsp3) is 0.625. The monoisotopic (exact) mass is 814 g/mol. The predicted molar refractivity (Wildman–Crippen MR) is 197 cm³/mol. The molecule has 0 radical (unpaired) electrons. The van der Waals surface area contributed by atoms with E-state index in [0.29, 0.717) is 12.1 Å². The van der Waals surface area contributed by atoms with Crippen molar-refractivity contribution >= 4 is 53.3 Å². The van der Waals surface area contributed by atoms with Crippen molar-refractivity contribution in [1.29, 1.82) is 0 Å². The Labute approximate surface area is 326 Å². The highest BCUT2D eigenvalue weighted by Gasteiger charge is 2.35. The van der Waals surface area contributed by atoms with Gasteiger partial charge in [-0.1, -0.05) is 13.8 Å². The van der Waals surface area contributed by atoms with E-state index in [-0.39, 0.29) is 37.7 Å². The van der Waals surface area contributed by atoms with Gasteiger partial charge in [0.25, 0.3) is 0 Å². The Kier molecular flexibility index (Phi) is 21.2. The zero-order chi connectivity index (χ0) is 43.4. The molecule has 0 spiro atoms. The molecule has 0 saturated heterocycles. The molecule has 0 aliphatic rings. The van der Waals surface area contributed by atoms with Crippen molar-refractivity contribution in [2.75, 3.05) is 19.8 Å². The van der Waals surface area contributed by atoms with Gasteiger partial charge >= 0.3 is 11.9 Å². The molecule has 1 aromatic heterocycles. The summed E-state index contributed by atoms with van der Waals surface area (Å²) in [4.78, 5) is 113. The van der Waals surface area contributed by atoms with Gasteiger partial charge in [-0.2, -0.15) is 0 Å². The lowest BCUT2D eigenvalue weighted by Crippen LogP contribution is -2.61. The van der Waals surface area contributed by atoms with E-state index in [9.17, 15) is 63.9 Å². The fourth-order valence-electron chi connectivity index (χ4n) is 4.96. The minimum Gasteiger partial charge on any atom is -0.481 e. The molecule has 25 nitrogen and oxygen atoms in total. The number of carboxylic acid groups (broad SMARTS) is 2. The summed E-state index contributed by atoms with van der Waals surface area (Å²) in [5, 5.41) is 61.5. The van der Waals surface area contributed by atoms with Gasteiger partial charge in [0.1, 0.15) is 30.2 Å². The lowest BCUT2D eigenvalue weighted by atomic mass is 10.0. The molecule has 18 N–H and O–H groups in total. The number of hydrogen-bond donors (Lipinski definition) is 15. The van der Waals surface area contributed by atoms with Crippen molar-refractivity contribution in [2.24, 2.45) is 28.1 Å². The number of amides is 6. The number of nitrogens with one attached hydrogen (secondary N) is 7. The summed E-state index contributed by atoms with van der Waals surface area (Å²) in [6, 6.07) is -11.2. The topological polar surface area (TPSA) is 429 Å². The zero-order valence-electron chi connectivity index (χ0n) is 31.6. The number of carboxylic acids is 2. The molecule has 0 aliphatic heterocycles. The van der Waals surface area contributed by atoms with Gasteiger partial charge in [0.05, 0.1) is 38.1 Å². The van der Waals surface area contributed by atoms with Crippen LogP contribution >= 0.6 is 0 Å². The third-order valence-electron chi connectivity index (χ3n) is 7.95. The van der Waals surface area contributed by atoms with Crippen molar-refractivity contribution in [3.8, 4) is 0 Å². The van der Waals surface area contributed by atoms with E-state index in [2.05, 4.69) is 41.5 Å². The van der Waals surface area contributed by atoms with Crippen LogP contribution in [-0.4, -0.2) is 157 Å². The number of imidazole rings is 1. The van der Waals surface area contributed by atoms with E-state index in [1.54, 1.807) is 13.8 Å². The molecule has 0 unspecified atom stereocenters. The van der Waals surface area contributed by atoms with E-state index in [1.165, 1.54) is 12.5 Å². The van der Waals surface area contributed by atoms with Crippen LogP contribution in [0.5, 0.6) is 0 Å². The molecule has 320 valence electrons. The largest absolute Gasteiger partial charge is 0.481 e. The van der Waals surface area contributed by atoms with Crippen LogP contribution in [0.3, 0.4) is 0 Å². The van der Waals surface area contributed by atoms with E-state index >= 15 is 0 Å². The Morgan fingerprint density at radius 2 is 1.25 bits per heavy atom. The smallest absolute Gasteiger partial charge is 0.328 e. The van der Waals surface area contributed by atoms with Gasteiger partial charge in [0, 0.05) is 24.9 Å². The van der Waals surface area contributed by atoms with Gasteiger partial charge in [0.2, 0.25) is 35.4 Å². The van der Waals surface area contributed by atoms with Gasteiger partial charge < -0.3 is 79.6 Å². The summed E-state index contributed by atoms with van der Waals surface area (Å²) in [7, 11) is 0. The van der Waals surface area contributed by atoms with Crippen LogP contribution in [0.25, 0.3) is 0 Å². The van der Waals surface area contributed by atoms with Gasteiger partial charge in [-0.15, -0.1) is 0 Å². The number of hydrogen-bond acceptors (Lipinski definition) is 14. The highest BCUT2D eigenvalue weighted by atomic mass is 16.4. The Morgan fingerprint density at radius 1 is 0.754 bits per heavy atom. The molecule has 8 atom stereocenters. The maximum atomic E-state index is 13.7. The normalized spacial score (nSPS) is 15.2. The fourth-order valence-corrected chi connectivity index (χ4v) is 4.96. The SMILES string of the molecule is CC(C)C[C@H](NC(=O)[C@H](Cc1cnc[nH]1)NC(=O)[C@H](CC(=O)O)NC(=O)[C@H](CO)NC(=O)[C@@H](N)CCCN=C(N)N)C(=O)N[C@@H](CO)C(=O)N[C@H](C(=O)O)[C@@H](C)O. The highest BCUT2D eigenvalue weighted by molar-refractivity contribution is 5.98. The number of aliphatic hydroxyl groups excluding tert-OH is 3. The number of rotatable bonds is 26. The van der Waals surface area contributed by atoms with Crippen molar-refractivity contribution in [3.63, 3.8) is 0 Å². The average Bonchev–Trinajstić information content (AvgIpc) is 3.64. The number of nitrogens with zero attached hydrogens (tertiary/aromatic N) is 2. The number of aliphatic hydroxyl groups is 3. The van der Waals surface area contributed by atoms with Gasteiger partial charge in [-0.05, 0) is 32.1 Å². The summed E-state index contributed by atoms with van der Waals surface area (Å²) in [5.41, 5.74) is 16.6. The summed E-state index contributed by atoms with van der Waals surface area (Å²) in [5.74, 6) is -9.97. The Morgan fingerprint density at radius 3 is 1.74 bits per heavy atom. The first-order chi connectivity index (χ1) is 26.7. The standard InChI is InChI=1S/C32H54N12O13/c1-14(2)7-18(26(51)43-22(12-46)30(55)44-24(15(3)47)31(56)57)39-27(52)19(8-16-10-36-13-38-16)40-28(53)20(9-23(48)49)41-29(54)21(11-45)42-25(50)17(33)5-4-6-37-32(34)35/h10,13-15,17-22,24,45-47H,4-9,11-12,33H2,1-3H3,(H,36,38)(H,39,52)(H,40,53)(H,41,54)(H,42,50)(H,43,51)(H,44,55)(H,48,49)(H,56,57)(H4,34,35,37)/t15-,17+,18+,19+,20+,21+,22+,24+/m1/s1. The Bertz CT molecular complexity index is 1550. The molecule has 25 heteroatoms. The zero-order valence-corrected chi connectivity index (χ0v) is 31.6. The van der Waals surface area contributed by atoms with Gasteiger partial charge in [-0.25, -0.2) is 9.78 Å². The van der Waals surface area contributed by atoms with E-state index in [4.69, 9.17) is 17.2 Å². The average molecular weight is 815 g/mol. The molecular formula is C32H54N12O13. The second kappa shape index (κ2) is 24.6. The maximum Gasteiger partial charge on any atom is 0.328 e. The van der Waals surface area contributed by atoms with Crippen molar-refractivity contribution < 1.29 is 63.9 Å². The minimum atomic E-state index is -1.87. The summed E-state index contributed by atoms with van der Waals surface area (Å²) in [6.07, 6.45) is 0.0197. The molecule has 1 aromatic rings. The number of nitrogens with two attached hydrogens (primary N) is 3. The molecule has 6 amide bonds. The molecular weight excluding hydrogens is 760 g/mol. The molecule has 0 aliphatic carbocycles. The summed E-state index contributed by atoms with van der Waals surface area (Å²) < 4.78 is 0. The van der Waals surface area contributed by atoms with Crippen LogP contribution in [0.15, 0.2) is 17.5 Å². The molecule has 1 heterocycles. The van der Waals surface area contributed by atoms with Crippen LogP contribution in [0.1, 0.15) is 52.1 Å². The number of guanidine groups is 1. The maximum absolute atomic E-state index is 13.7. The highest BCUT2D eigenvalue weighted by Crippen LogP contribution is 2.09. The van der Waals surface area contributed by atoms with E-state index in [0.717, 1.165) is 6.92 Å². The van der Waals surface area contributed by atoms with Crippen molar-refractivity contribution in [1.82, 2.24) is 41.9 Å². The predicted octanol–water partition coefficient (Wildman–Crippen LogP) is -6.79. The Hall–Kier alpha value is -5.92. The number of aromatic nitrogens is 2. The lowest BCUT2D eigenvalue weighted by molar-refractivity contribution is -0.145. The number of aliphatic carboxylic acids is 2.